The number of nitrogen functional groups attached to an aromatic ring is 1. The molecule has 4 atom stereocenters. The Bertz CT molecular complexity index is 744. The summed E-state index contributed by atoms with van der Waals surface area (Å²) < 4.78 is 19.2. The van der Waals surface area contributed by atoms with Crippen LogP contribution in [0.25, 0.3) is 11.2 Å². The predicted molar refractivity (Wildman–Crippen MR) is 78.6 cm³/mol. The van der Waals surface area contributed by atoms with Gasteiger partial charge < -0.3 is 0 Å². The van der Waals surface area contributed by atoms with Crippen molar-refractivity contribution in [2.45, 2.75) is 41.2 Å². The Hall–Kier alpha value is -1.41. The van der Waals surface area contributed by atoms with E-state index in [-0.39, 0.29) is 11.0 Å². The maximum absolute atomic E-state index is 12.0. The van der Waals surface area contributed by atoms with Crippen molar-refractivity contribution in [3.63, 3.8) is 0 Å². The van der Waals surface area contributed by atoms with E-state index in [4.69, 9.17) is 10.5 Å². The first-order valence-corrected chi connectivity index (χ1v) is 12.6. The van der Waals surface area contributed by atoms with E-state index < -0.39 is 38.0 Å². The van der Waals surface area contributed by atoms with Crippen LogP contribution in [0.15, 0.2) is 12.7 Å². The third-order valence-corrected chi connectivity index (χ3v) is 6.22. The molecule has 2 aromatic rings. The summed E-state index contributed by atoms with van der Waals surface area (Å²) in [6.07, 6.45) is -1.10. The fraction of sp³-hybridized carbons (Fsp3) is 0.583. The van der Waals surface area contributed by atoms with E-state index in [1.807, 2.05) is 0 Å². The van der Waals surface area contributed by atoms with Crippen molar-refractivity contribution in [1.82, 2.24) is 19.5 Å². The summed E-state index contributed by atoms with van der Waals surface area (Å²) in [5, 5.41) is 20.6. The van der Waals surface area contributed by atoms with Gasteiger partial charge in [0.25, 0.3) is 0 Å². The standard InChI is InChI=1S/C12H18AsN5O4/c1-13(2,21)3-6-8(19)9(20)12(22-6)18-5-17-7-10(14)15-4-16-11(7)18/h4-6,8-9,12,19-20H,3H2,1-2H3,(H2,14,15,16). The third-order valence-electron chi connectivity index (χ3n) is 3.62. The van der Waals surface area contributed by atoms with Gasteiger partial charge in [0.1, 0.15) is 0 Å². The molecular weight excluding hydrogens is 353 g/mol. The molecule has 0 bridgehead atoms. The molecule has 1 aliphatic heterocycles. The van der Waals surface area contributed by atoms with Gasteiger partial charge in [-0.3, -0.25) is 0 Å². The molecule has 4 N–H and O–H groups in total. The quantitative estimate of drug-likeness (QED) is 0.624. The number of rotatable bonds is 3. The van der Waals surface area contributed by atoms with E-state index in [1.165, 1.54) is 17.2 Å². The molecular formula is C12H18AsN5O4. The molecule has 120 valence electrons. The second-order valence-corrected chi connectivity index (χ2v) is 13.3. The molecule has 1 fully saturated rings. The van der Waals surface area contributed by atoms with E-state index in [2.05, 4.69) is 15.0 Å². The van der Waals surface area contributed by atoms with Crippen LogP contribution in [0.4, 0.5) is 5.82 Å². The Balaban J connectivity index is 1.94. The minimum absolute atomic E-state index is 0.225. The van der Waals surface area contributed by atoms with Crippen molar-refractivity contribution >= 4 is 30.5 Å². The number of nitrogens with zero attached hydrogens (tertiary/aromatic N) is 4. The van der Waals surface area contributed by atoms with Crippen molar-refractivity contribution in [2.24, 2.45) is 0 Å². The molecule has 0 spiro atoms. The molecule has 0 radical (unpaired) electrons. The molecule has 3 rings (SSSR count). The Morgan fingerprint density at radius 2 is 2.05 bits per heavy atom. The summed E-state index contributed by atoms with van der Waals surface area (Å²) in [7, 11) is 0. The summed E-state index contributed by atoms with van der Waals surface area (Å²) in [6, 6.07) is 0. The Morgan fingerprint density at radius 3 is 2.73 bits per heavy atom. The van der Waals surface area contributed by atoms with Crippen LogP contribution in [0.1, 0.15) is 6.23 Å². The van der Waals surface area contributed by atoms with E-state index in [0.29, 0.717) is 11.2 Å². The van der Waals surface area contributed by atoms with Crippen molar-refractivity contribution in [3.8, 4) is 0 Å². The number of aliphatic hydroxyl groups excluding tert-OH is 2. The van der Waals surface area contributed by atoms with Crippen LogP contribution < -0.4 is 5.73 Å². The number of hydrogen-bond acceptors (Lipinski definition) is 8. The number of aromatic nitrogens is 4. The van der Waals surface area contributed by atoms with Crippen LogP contribution in [0.2, 0.25) is 16.6 Å². The summed E-state index contributed by atoms with van der Waals surface area (Å²) in [5.74, 6) is 0.225. The third kappa shape index (κ3) is 2.65. The summed E-state index contributed by atoms with van der Waals surface area (Å²) in [6.45, 7) is 0. The number of aliphatic hydroxyl groups is 2. The monoisotopic (exact) mass is 371 g/mol. The molecule has 22 heavy (non-hydrogen) atoms. The van der Waals surface area contributed by atoms with Crippen LogP contribution in [0.5, 0.6) is 0 Å². The van der Waals surface area contributed by atoms with Gasteiger partial charge in [-0.2, -0.15) is 0 Å². The molecule has 1 aliphatic rings. The van der Waals surface area contributed by atoms with Crippen LogP contribution in [0, 0.1) is 0 Å². The van der Waals surface area contributed by atoms with Gasteiger partial charge >= 0.3 is 128 Å². The van der Waals surface area contributed by atoms with E-state index in [9.17, 15) is 14.0 Å². The number of fused-ring (bicyclic) bond motifs is 1. The zero-order chi connectivity index (χ0) is 16.1. The zero-order valence-electron chi connectivity index (χ0n) is 12.2. The van der Waals surface area contributed by atoms with Crippen LogP contribution in [-0.2, 0) is 8.48 Å². The van der Waals surface area contributed by atoms with Gasteiger partial charge in [-0.25, -0.2) is 0 Å². The number of imidazole rings is 1. The average molecular weight is 371 g/mol. The van der Waals surface area contributed by atoms with Crippen LogP contribution >= 0.6 is 0 Å². The fourth-order valence-electron chi connectivity index (χ4n) is 2.60. The van der Waals surface area contributed by atoms with E-state index >= 15 is 0 Å². The second-order valence-electron chi connectivity index (χ2n) is 5.89. The van der Waals surface area contributed by atoms with Gasteiger partial charge in [0.05, 0.1) is 0 Å². The molecule has 0 aromatic carbocycles. The number of anilines is 1. The van der Waals surface area contributed by atoms with Gasteiger partial charge in [0.2, 0.25) is 0 Å². The zero-order valence-corrected chi connectivity index (χ0v) is 14.1. The number of ether oxygens (including phenoxy) is 1. The van der Waals surface area contributed by atoms with Gasteiger partial charge in [-0.15, -0.1) is 0 Å². The normalized spacial score (nSPS) is 29.3. The maximum atomic E-state index is 12.0. The summed E-state index contributed by atoms with van der Waals surface area (Å²) in [5.41, 5.74) is 9.89. The number of nitrogens with two attached hydrogens (primary N) is 1. The molecule has 0 amide bonds. The van der Waals surface area contributed by atoms with Crippen molar-refractivity contribution < 1.29 is 18.7 Å². The second kappa shape index (κ2) is 5.34. The Kier molecular flexibility index (Phi) is 3.76. The van der Waals surface area contributed by atoms with Crippen molar-refractivity contribution in [1.29, 1.82) is 0 Å². The van der Waals surface area contributed by atoms with E-state index in [0.717, 1.165) is 0 Å². The first-order chi connectivity index (χ1) is 10.3. The van der Waals surface area contributed by atoms with Gasteiger partial charge in [0, 0.05) is 0 Å². The van der Waals surface area contributed by atoms with Gasteiger partial charge in [0.15, 0.2) is 0 Å². The predicted octanol–water partition coefficient (Wildman–Crippen LogP) is -0.337. The summed E-state index contributed by atoms with van der Waals surface area (Å²) in [4.78, 5) is 12.1. The molecule has 1 saturated heterocycles. The molecule has 0 saturated carbocycles. The van der Waals surface area contributed by atoms with Gasteiger partial charge in [-0.05, 0) is 0 Å². The first-order valence-electron chi connectivity index (χ1n) is 6.76. The Labute approximate surface area is 128 Å². The molecule has 3 heterocycles. The molecule has 2 aromatic heterocycles. The number of hydrogen-bond donors (Lipinski definition) is 3. The van der Waals surface area contributed by atoms with Crippen molar-refractivity contribution in [2.75, 3.05) is 5.73 Å². The SMILES string of the molecule is C[As](C)(=O)CC1OC(n2cnc3c(N)ncnc32)C(O)C1O. The average Bonchev–Trinajstić information content (AvgIpc) is 2.95. The van der Waals surface area contributed by atoms with Gasteiger partial charge in [-0.1, -0.05) is 0 Å². The van der Waals surface area contributed by atoms with Crippen LogP contribution in [-0.4, -0.2) is 61.5 Å². The molecule has 10 heteroatoms. The van der Waals surface area contributed by atoms with Crippen molar-refractivity contribution in [3.05, 3.63) is 12.7 Å². The van der Waals surface area contributed by atoms with Crippen LogP contribution in [0.3, 0.4) is 0 Å². The molecule has 4 unspecified atom stereocenters. The minimum atomic E-state index is -3.02. The fourth-order valence-corrected chi connectivity index (χ4v) is 5.05. The topological polar surface area (TPSA) is 136 Å². The first kappa shape index (κ1) is 15.5. The van der Waals surface area contributed by atoms with E-state index in [1.54, 1.807) is 11.4 Å². The molecule has 0 aliphatic carbocycles. The summed E-state index contributed by atoms with van der Waals surface area (Å²) >= 11 is -3.02. The Morgan fingerprint density at radius 1 is 1.32 bits per heavy atom. The molecule has 9 nitrogen and oxygen atoms in total.